The first kappa shape index (κ1) is 17.6. The molecule has 2 fully saturated rings. The lowest BCUT2D eigenvalue weighted by Gasteiger charge is -2.21. The van der Waals surface area contributed by atoms with Crippen LogP contribution in [0.5, 0.6) is 5.75 Å². The van der Waals surface area contributed by atoms with Crippen LogP contribution in [0.25, 0.3) is 0 Å². The first-order valence-corrected chi connectivity index (χ1v) is 8.00. The first-order valence-electron chi connectivity index (χ1n) is 8.00. The molecule has 134 valence electrons. The number of benzene rings is 1. The molecule has 0 saturated carbocycles. The van der Waals surface area contributed by atoms with Crippen molar-refractivity contribution in [1.82, 2.24) is 0 Å². The van der Waals surface area contributed by atoms with Crippen molar-refractivity contribution in [3.63, 3.8) is 0 Å². The summed E-state index contributed by atoms with van der Waals surface area (Å²) in [5.41, 5.74) is 1.51. The van der Waals surface area contributed by atoms with Gasteiger partial charge in [-0.25, -0.2) is 0 Å². The third-order valence-electron chi connectivity index (χ3n) is 4.69. The van der Waals surface area contributed by atoms with E-state index in [1.54, 1.807) is 19.2 Å². The van der Waals surface area contributed by atoms with Gasteiger partial charge in [-0.3, -0.25) is 0 Å². The second-order valence-corrected chi connectivity index (χ2v) is 6.12. The Kier molecular flexibility index (Phi) is 5.39. The van der Waals surface area contributed by atoms with E-state index in [4.69, 9.17) is 23.7 Å². The highest BCUT2D eigenvalue weighted by Gasteiger charge is 2.47. The maximum absolute atomic E-state index is 10.1. The lowest BCUT2D eigenvalue weighted by atomic mass is 9.97. The van der Waals surface area contributed by atoms with Crippen LogP contribution in [0, 0.1) is 5.92 Å². The number of hydrogen-bond acceptors (Lipinski definition) is 7. The summed E-state index contributed by atoms with van der Waals surface area (Å²) in [5.74, 6) is 0.472. The van der Waals surface area contributed by atoms with E-state index < -0.39 is 18.7 Å². The van der Waals surface area contributed by atoms with E-state index >= 15 is 0 Å². The highest BCUT2D eigenvalue weighted by molar-refractivity contribution is 5.37. The Morgan fingerprint density at radius 1 is 1.25 bits per heavy atom. The summed E-state index contributed by atoms with van der Waals surface area (Å²) < 4.78 is 27.9. The lowest BCUT2D eigenvalue weighted by molar-refractivity contribution is -0.169. The predicted molar refractivity (Wildman–Crippen MR) is 83.3 cm³/mol. The van der Waals surface area contributed by atoms with Gasteiger partial charge in [-0.05, 0) is 6.07 Å². The lowest BCUT2D eigenvalue weighted by Crippen LogP contribution is -2.34. The molecule has 0 bridgehead atoms. The zero-order valence-electron chi connectivity index (χ0n) is 14.0. The van der Waals surface area contributed by atoms with E-state index in [9.17, 15) is 10.2 Å². The van der Waals surface area contributed by atoms with Gasteiger partial charge >= 0.3 is 0 Å². The van der Waals surface area contributed by atoms with E-state index in [1.165, 1.54) is 7.11 Å². The van der Waals surface area contributed by atoms with Gasteiger partial charge in [0.2, 0.25) is 0 Å². The summed E-state index contributed by atoms with van der Waals surface area (Å²) in [4.78, 5) is 0. The van der Waals surface area contributed by atoms with Crippen LogP contribution >= 0.6 is 0 Å². The monoisotopic (exact) mass is 340 g/mol. The molecule has 3 rings (SSSR count). The van der Waals surface area contributed by atoms with Gasteiger partial charge in [0.05, 0.1) is 26.4 Å². The van der Waals surface area contributed by atoms with Crippen molar-refractivity contribution < 1.29 is 33.9 Å². The Bertz CT molecular complexity index is 564. The standard InChI is InChI=1S/C17H24O7/c1-9-14(19)17(21-3)24-15(9)13-8-22-16(23-13)10-4-5-11(7-18)12(6-10)20-2/h4-6,9,13-19H,7-8H2,1-3H3/t9-,13?,14-,15+,16?,17+/m1/s1. The zero-order chi connectivity index (χ0) is 17.3. The second kappa shape index (κ2) is 7.35. The fourth-order valence-corrected chi connectivity index (χ4v) is 3.23. The summed E-state index contributed by atoms with van der Waals surface area (Å²) in [6, 6.07) is 5.42. The molecule has 6 atom stereocenters. The molecule has 2 heterocycles. The number of methoxy groups -OCH3 is 2. The molecule has 7 heteroatoms. The highest BCUT2D eigenvalue weighted by Crippen LogP contribution is 2.37. The average Bonchev–Trinajstić information content (AvgIpc) is 3.20. The van der Waals surface area contributed by atoms with Crippen LogP contribution in [-0.2, 0) is 25.6 Å². The minimum atomic E-state index is -0.688. The Labute approximate surface area is 141 Å². The van der Waals surface area contributed by atoms with Crippen LogP contribution in [0.3, 0.4) is 0 Å². The summed E-state index contributed by atoms with van der Waals surface area (Å²) in [6.45, 7) is 2.18. The molecule has 7 nitrogen and oxygen atoms in total. The normalized spacial score (nSPS) is 36.2. The van der Waals surface area contributed by atoms with Gasteiger partial charge in [-0.2, -0.15) is 0 Å². The Morgan fingerprint density at radius 3 is 2.67 bits per heavy atom. The molecule has 1 aromatic rings. The van der Waals surface area contributed by atoms with Crippen molar-refractivity contribution in [2.45, 2.75) is 44.4 Å². The van der Waals surface area contributed by atoms with Gasteiger partial charge in [0.1, 0.15) is 18.0 Å². The first-order chi connectivity index (χ1) is 11.6. The third-order valence-corrected chi connectivity index (χ3v) is 4.69. The second-order valence-electron chi connectivity index (χ2n) is 6.12. The molecule has 2 aliphatic heterocycles. The average molecular weight is 340 g/mol. The van der Waals surface area contributed by atoms with Crippen LogP contribution in [0.1, 0.15) is 24.3 Å². The fraction of sp³-hybridized carbons (Fsp3) is 0.647. The van der Waals surface area contributed by atoms with Gasteiger partial charge in [0.25, 0.3) is 0 Å². The summed E-state index contributed by atoms with van der Waals surface area (Å²) in [6.07, 6.45) is -2.45. The van der Waals surface area contributed by atoms with E-state index in [0.29, 0.717) is 17.9 Å². The molecule has 2 aliphatic rings. The Balaban J connectivity index is 1.70. The van der Waals surface area contributed by atoms with Gasteiger partial charge in [0, 0.05) is 24.2 Å². The molecule has 0 spiro atoms. The topological polar surface area (TPSA) is 86.6 Å². The molecule has 0 radical (unpaired) electrons. The predicted octanol–water partition coefficient (Wildman–Crippen LogP) is 0.970. The van der Waals surface area contributed by atoms with Crippen molar-refractivity contribution in [1.29, 1.82) is 0 Å². The van der Waals surface area contributed by atoms with E-state index in [1.807, 2.05) is 13.0 Å². The quantitative estimate of drug-likeness (QED) is 0.826. The third kappa shape index (κ3) is 3.15. The molecular weight excluding hydrogens is 316 g/mol. The molecule has 2 N–H and O–H groups in total. The van der Waals surface area contributed by atoms with Crippen molar-refractivity contribution >= 4 is 0 Å². The molecule has 0 aliphatic carbocycles. The van der Waals surface area contributed by atoms with E-state index in [2.05, 4.69) is 0 Å². The molecule has 0 amide bonds. The Morgan fingerprint density at radius 2 is 2.04 bits per heavy atom. The molecule has 2 unspecified atom stereocenters. The van der Waals surface area contributed by atoms with Crippen molar-refractivity contribution in [3.05, 3.63) is 29.3 Å². The van der Waals surface area contributed by atoms with Gasteiger partial charge in [-0.1, -0.05) is 19.1 Å². The number of hydrogen-bond donors (Lipinski definition) is 2. The SMILES string of the molecule is COc1cc(C2OCC([C@H]3O[C@H](OC)[C@H](O)[C@H]3C)O2)ccc1CO. The number of rotatable bonds is 5. The van der Waals surface area contributed by atoms with Crippen LogP contribution in [0.4, 0.5) is 0 Å². The molecular formula is C17H24O7. The maximum atomic E-state index is 10.1. The number of aliphatic hydroxyl groups is 2. The van der Waals surface area contributed by atoms with E-state index in [-0.39, 0.29) is 24.7 Å². The van der Waals surface area contributed by atoms with Crippen LogP contribution < -0.4 is 4.74 Å². The van der Waals surface area contributed by atoms with Crippen LogP contribution in [-0.4, -0.2) is 55.6 Å². The van der Waals surface area contributed by atoms with Crippen LogP contribution in [0.2, 0.25) is 0 Å². The largest absolute Gasteiger partial charge is 0.496 e. The van der Waals surface area contributed by atoms with Crippen molar-refractivity contribution in [2.24, 2.45) is 5.92 Å². The molecule has 24 heavy (non-hydrogen) atoms. The fourth-order valence-electron chi connectivity index (χ4n) is 3.23. The van der Waals surface area contributed by atoms with Crippen molar-refractivity contribution in [2.75, 3.05) is 20.8 Å². The van der Waals surface area contributed by atoms with Gasteiger partial charge in [-0.15, -0.1) is 0 Å². The maximum Gasteiger partial charge on any atom is 0.184 e. The minimum absolute atomic E-state index is 0.0951. The van der Waals surface area contributed by atoms with Gasteiger partial charge < -0.3 is 33.9 Å². The van der Waals surface area contributed by atoms with E-state index in [0.717, 1.165) is 5.56 Å². The van der Waals surface area contributed by atoms with Gasteiger partial charge in [0.15, 0.2) is 12.6 Å². The number of ether oxygens (including phenoxy) is 5. The summed E-state index contributed by atoms with van der Waals surface area (Å²) in [7, 11) is 3.06. The highest BCUT2D eigenvalue weighted by atomic mass is 16.7. The molecule has 0 aromatic heterocycles. The zero-order valence-corrected chi connectivity index (χ0v) is 14.0. The summed E-state index contributed by atoms with van der Waals surface area (Å²) in [5, 5.41) is 19.4. The molecule has 2 saturated heterocycles. The Hall–Kier alpha value is -1.22. The smallest absolute Gasteiger partial charge is 0.184 e. The summed E-state index contributed by atoms with van der Waals surface area (Å²) >= 11 is 0. The minimum Gasteiger partial charge on any atom is -0.496 e. The van der Waals surface area contributed by atoms with Crippen LogP contribution in [0.15, 0.2) is 18.2 Å². The molecule has 1 aromatic carbocycles. The number of aliphatic hydroxyl groups excluding tert-OH is 2. The van der Waals surface area contributed by atoms with Crippen molar-refractivity contribution in [3.8, 4) is 5.75 Å².